The summed E-state index contributed by atoms with van der Waals surface area (Å²) in [6.45, 7) is 1.50. The number of nitrogens with one attached hydrogen (secondary N) is 1. The zero-order chi connectivity index (χ0) is 15.1. The van der Waals surface area contributed by atoms with Crippen LogP contribution in [0, 0.1) is 5.82 Å². The maximum absolute atomic E-state index is 13.0. The number of hydrogen-bond acceptors (Lipinski definition) is 3. The van der Waals surface area contributed by atoms with Gasteiger partial charge in [0.05, 0.1) is 11.6 Å². The largest absolute Gasteiger partial charge is 0.489 e. The van der Waals surface area contributed by atoms with Crippen molar-refractivity contribution in [2.75, 3.05) is 13.2 Å². The van der Waals surface area contributed by atoms with E-state index >= 15 is 0 Å². The van der Waals surface area contributed by atoms with E-state index in [1.54, 1.807) is 6.07 Å². The van der Waals surface area contributed by atoms with Gasteiger partial charge in [-0.05, 0) is 18.2 Å². The van der Waals surface area contributed by atoms with E-state index in [1.807, 2.05) is 24.3 Å². The average molecular weight is 310 g/mol. The van der Waals surface area contributed by atoms with Gasteiger partial charge in [-0.25, -0.2) is 4.39 Å². The summed E-state index contributed by atoms with van der Waals surface area (Å²) < 4.78 is 18.8. The Morgan fingerprint density at radius 2 is 1.95 bits per heavy atom. The molecule has 0 aliphatic rings. The van der Waals surface area contributed by atoms with Crippen LogP contribution >= 0.6 is 11.6 Å². The SMILES string of the molecule is OCCNCc1ccccc1OCc1ccc(F)cc1Cl. The van der Waals surface area contributed by atoms with E-state index < -0.39 is 0 Å². The van der Waals surface area contributed by atoms with Gasteiger partial charge in [0.15, 0.2) is 0 Å². The lowest BCUT2D eigenvalue weighted by Crippen LogP contribution is -2.18. The number of hydrogen-bond donors (Lipinski definition) is 2. The van der Waals surface area contributed by atoms with Gasteiger partial charge < -0.3 is 15.2 Å². The molecular formula is C16H17ClFNO2. The molecule has 0 aromatic heterocycles. The average Bonchev–Trinajstić information content (AvgIpc) is 2.48. The molecule has 2 N–H and O–H groups in total. The monoisotopic (exact) mass is 309 g/mol. The van der Waals surface area contributed by atoms with Crippen molar-refractivity contribution in [3.05, 3.63) is 64.4 Å². The van der Waals surface area contributed by atoms with Crippen molar-refractivity contribution in [2.24, 2.45) is 0 Å². The first-order valence-electron chi connectivity index (χ1n) is 6.67. The molecule has 0 unspecified atom stereocenters. The Balaban J connectivity index is 2.02. The number of benzene rings is 2. The molecule has 5 heteroatoms. The number of ether oxygens (including phenoxy) is 1. The van der Waals surface area contributed by atoms with Crippen molar-refractivity contribution >= 4 is 11.6 Å². The van der Waals surface area contributed by atoms with Crippen LogP contribution in [0.1, 0.15) is 11.1 Å². The van der Waals surface area contributed by atoms with Gasteiger partial charge in [-0.3, -0.25) is 0 Å². The van der Waals surface area contributed by atoms with Gasteiger partial charge in [-0.2, -0.15) is 0 Å². The van der Waals surface area contributed by atoms with Crippen LogP contribution < -0.4 is 10.1 Å². The molecule has 0 radical (unpaired) electrons. The summed E-state index contributed by atoms with van der Waals surface area (Å²) in [7, 11) is 0. The van der Waals surface area contributed by atoms with Crippen LogP contribution in [0.4, 0.5) is 4.39 Å². The minimum atomic E-state index is -0.364. The molecule has 0 spiro atoms. The quantitative estimate of drug-likeness (QED) is 0.772. The fourth-order valence-electron chi connectivity index (χ4n) is 1.89. The molecular weight excluding hydrogens is 293 g/mol. The van der Waals surface area contributed by atoms with Gasteiger partial charge in [-0.1, -0.05) is 35.9 Å². The van der Waals surface area contributed by atoms with Gasteiger partial charge in [0.1, 0.15) is 18.2 Å². The molecule has 0 atom stereocenters. The van der Waals surface area contributed by atoms with E-state index in [4.69, 9.17) is 21.4 Å². The standard InChI is InChI=1S/C16H17ClFNO2/c17-15-9-14(18)6-5-13(15)11-21-16-4-2-1-3-12(16)10-19-7-8-20/h1-6,9,19-20H,7-8,10-11H2. The smallest absolute Gasteiger partial charge is 0.124 e. The summed E-state index contributed by atoms with van der Waals surface area (Å²) in [4.78, 5) is 0. The highest BCUT2D eigenvalue weighted by Gasteiger charge is 2.06. The number of halogens is 2. The molecule has 0 amide bonds. The summed E-state index contributed by atoms with van der Waals surface area (Å²) in [5.74, 6) is 0.376. The van der Waals surface area contributed by atoms with Gasteiger partial charge in [-0.15, -0.1) is 0 Å². The fraction of sp³-hybridized carbons (Fsp3) is 0.250. The van der Waals surface area contributed by atoms with Gasteiger partial charge in [0.2, 0.25) is 0 Å². The number of aliphatic hydroxyl groups is 1. The molecule has 0 bridgehead atoms. The Morgan fingerprint density at radius 1 is 1.14 bits per heavy atom. The maximum Gasteiger partial charge on any atom is 0.124 e. The fourth-order valence-corrected chi connectivity index (χ4v) is 2.11. The molecule has 0 aliphatic carbocycles. The second-order valence-electron chi connectivity index (χ2n) is 4.53. The lowest BCUT2D eigenvalue weighted by atomic mass is 10.2. The summed E-state index contributed by atoms with van der Waals surface area (Å²) in [5, 5.41) is 12.2. The summed E-state index contributed by atoms with van der Waals surface area (Å²) in [5.41, 5.74) is 1.72. The van der Waals surface area contributed by atoms with Crippen molar-refractivity contribution in [3.63, 3.8) is 0 Å². The predicted molar refractivity (Wildman–Crippen MR) is 81.0 cm³/mol. The van der Waals surface area contributed by atoms with Crippen molar-refractivity contribution < 1.29 is 14.2 Å². The first-order valence-corrected chi connectivity index (χ1v) is 7.04. The third-order valence-electron chi connectivity index (χ3n) is 2.97. The molecule has 2 aromatic rings. The molecule has 0 heterocycles. The summed E-state index contributed by atoms with van der Waals surface area (Å²) in [6, 6.07) is 11.9. The normalized spacial score (nSPS) is 10.6. The first kappa shape index (κ1) is 15.8. The molecule has 0 saturated heterocycles. The van der Waals surface area contributed by atoms with Crippen molar-refractivity contribution in [3.8, 4) is 5.75 Å². The molecule has 112 valence electrons. The minimum Gasteiger partial charge on any atom is -0.489 e. The van der Waals surface area contributed by atoms with E-state index in [0.29, 0.717) is 18.1 Å². The van der Waals surface area contributed by atoms with E-state index in [1.165, 1.54) is 12.1 Å². The van der Waals surface area contributed by atoms with Crippen molar-refractivity contribution in [2.45, 2.75) is 13.2 Å². The molecule has 2 rings (SSSR count). The molecule has 3 nitrogen and oxygen atoms in total. The van der Waals surface area contributed by atoms with Gasteiger partial charge in [0, 0.05) is 24.2 Å². The highest BCUT2D eigenvalue weighted by atomic mass is 35.5. The van der Waals surface area contributed by atoms with Crippen LogP contribution in [0.2, 0.25) is 5.02 Å². The molecule has 0 saturated carbocycles. The molecule has 2 aromatic carbocycles. The highest BCUT2D eigenvalue weighted by molar-refractivity contribution is 6.31. The van der Waals surface area contributed by atoms with Gasteiger partial charge >= 0.3 is 0 Å². The first-order chi connectivity index (χ1) is 10.2. The lowest BCUT2D eigenvalue weighted by Gasteiger charge is -2.12. The summed E-state index contributed by atoms with van der Waals surface area (Å²) >= 11 is 5.98. The predicted octanol–water partition coefficient (Wildman–Crippen LogP) is 3.14. The molecule has 0 aliphatic heterocycles. The number of rotatable bonds is 7. The van der Waals surface area contributed by atoms with Crippen molar-refractivity contribution in [1.29, 1.82) is 0 Å². The molecule has 21 heavy (non-hydrogen) atoms. The Hall–Kier alpha value is -1.62. The second-order valence-corrected chi connectivity index (χ2v) is 4.94. The zero-order valence-corrected chi connectivity index (χ0v) is 12.2. The van der Waals surface area contributed by atoms with E-state index in [0.717, 1.165) is 16.9 Å². The van der Waals surface area contributed by atoms with Crippen LogP contribution in [0.5, 0.6) is 5.75 Å². The second kappa shape index (κ2) is 7.98. The topological polar surface area (TPSA) is 41.5 Å². The van der Waals surface area contributed by atoms with E-state index in [9.17, 15) is 4.39 Å². The van der Waals surface area contributed by atoms with Crippen LogP contribution in [0.25, 0.3) is 0 Å². The van der Waals surface area contributed by atoms with Crippen LogP contribution in [-0.2, 0) is 13.2 Å². The Morgan fingerprint density at radius 3 is 2.71 bits per heavy atom. The van der Waals surface area contributed by atoms with Gasteiger partial charge in [0.25, 0.3) is 0 Å². The number of para-hydroxylation sites is 1. The van der Waals surface area contributed by atoms with E-state index in [2.05, 4.69) is 5.32 Å². The number of aliphatic hydroxyl groups excluding tert-OH is 1. The van der Waals surface area contributed by atoms with Crippen LogP contribution in [0.15, 0.2) is 42.5 Å². The summed E-state index contributed by atoms with van der Waals surface area (Å²) in [6.07, 6.45) is 0. The Bertz CT molecular complexity index is 592. The van der Waals surface area contributed by atoms with Crippen molar-refractivity contribution in [1.82, 2.24) is 5.32 Å². The Kier molecular flexibility index (Phi) is 5.99. The third kappa shape index (κ3) is 4.70. The maximum atomic E-state index is 13.0. The zero-order valence-electron chi connectivity index (χ0n) is 11.5. The van der Waals surface area contributed by atoms with Crippen LogP contribution in [0.3, 0.4) is 0 Å². The van der Waals surface area contributed by atoms with E-state index in [-0.39, 0.29) is 19.0 Å². The molecule has 0 fully saturated rings. The van der Waals surface area contributed by atoms with Crippen LogP contribution in [-0.4, -0.2) is 18.3 Å². The third-order valence-corrected chi connectivity index (χ3v) is 3.33. The minimum absolute atomic E-state index is 0.0915. The Labute approximate surface area is 128 Å². The lowest BCUT2D eigenvalue weighted by molar-refractivity contribution is 0.288. The highest BCUT2D eigenvalue weighted by Crippen LogP contribution is 2.22.